The molecule has 1 aliphatic heterocycles. The molecular weight excluding hydrogens is 400 g/mol. The summed E-state index contributed by atoms with van der Waals surface area (Å²) in [7, 11) is -1.67. The molecule has 1 aromatic carbocycles. The van der Waals surface area contributed by atoms with Crippen LogP contribution in [-0.4, -0.2) is 56.0 Å². The fourth-order valence-electron chi connectivity index (χ4n) is 3.51. The number of hydrogen-bond acceptors (Lipinski definition) is 5. The Bertz CT molecular complexity index is 826. The Hall–Kier alpha value is -2.18. The molecule has 0 spiro atoms. The number of piperazine rings is 1. The second-order valence-corrected chi connectivity index (χ2v) is 14.5. The van der Waals surface area contributed by atoms with Gasteiger partial charge in [0.05, 0.1) is 0 Å². The first kappa shape index (κ1) is 23.5. The van der Waals surface area contributed by atoms with Crippen LogP contribution in [0.2, 0.25) is 18.1 Å². The number of rotatable bonds is 8. The van der Waals surface area contributed by atoms with Crippen molar-refractivity contribution in [3.63, 3.8) is 0 Å². The topological polar surface area (TPSA) is 41.5 Å². The van der Waals surface area contributed by atoms with Gasteiger partial charge >= 0.3 is 0 Å². The molecule has 31 heavy (non-hydrogen) atoms. The molecule has 1 saturated heterocycles. The summed E-state index contributed by atoms with van der Waals surface area (Å²) in [6.45, 7) is 16.2. The van der Waals surface area contributed by atoms with Gasteiger partial charge < -0.3 is 14.2 Å². The van der Waals surface area contributed by atoms with Gasteiger partial charge in [-0.15, -0.1) is 0 Å². The molecule has 0 unspecified atom stereocenters. The van der Waals surface area contributed by atoms with Crippen LogP contribution >= 0.6 is 0 Å². The Balaban J connectivity index is 1.60. The van der Waals surface area contributed by atoms with E-state index in [0.717, 1.165) is 51.6 Å². The van der Waals surface area contributed by atoms with Crippen molar-refractivity contribution in [3.8, 4) is 0 Å². The number of nitrogens with zero attached hydrogens (tertiary/aromatic N) is 4. The maximum absolute atomic E-state index is 6.37. The number of anilines is 1. The molecule has 1 fully saturated rings. The summed E-state index contributed by atoms with van der Waals surface area (Å²) in [5.74, 6) is 0.829. The molecule has 2 aromatic rings. The number of unbranched alkanes of at least 4 members (excludes halogenated alkanes) is 1. The Morgan fingerprint density at radius 1 is 1.00 bits per heavy atom. The van der Waals surface area contributed by atoms with Gasteiger partial charge in [0.2, 0.25) is 5.95 Å². The van der Waals surface area contributed by atoms with Crippen molar-refractivity contribution in [3.05, 3.63) is 60.4 Å². The lowest BCUT2D eigenvalue weighted by atomic mass is 10.1. The van der Waals surface area contributed by atoms with Gasteiger partial charge in [-0.05, 0) is 42.6 Å². The first-order valence-corrected chi connectivity index (χ1v) is 14.4. The highest BCUT2D eigenvalue weighted by Gasteiger charge is 2.36. The van der Waals surface area contributed by atoms with E-state index >= 15 is 0 Å². The lowest BCUT2D eigenvalue weighted by Gasteiger charge is -2.37. The molecule has 0 atom stereocenters. The smallest absolute Gasteiger partial charge is 0.225 e. The third kappa shape index (κ3) is 6.40. The average Bonchev–Trinajstić information content (AvgIpc) is 2.77. The molecule has 5 nitrogen and oxygen atoms in total. The zero-order chi connectivity index (χ0) is 22.3. The first-order valence-electron chi connectivity index (χ1n) is 11.4. The van der Waals surface area contributed by atoms with Gasteiger partial charge in [-0.1, -0.05) is 57.2 Å². The summed E-state index contributed by atoms with van der Waals surface area (Å²) in [4.78, 5) is 13.6. The highest BCUT2D eigenvalue weighted by molar-refractivity contribution is 6.74. The highest BCUT2D eigenvalue weighted by atomic mass is 28.4. The molecule has 168 valence electrons. The van der Waals surface area contributed by atoms with Crippen LogP contribution in [0.4, 0.5) is 5.95 Å². The van der Waals surface area contributed by atoms with Gasteiger partial charge in [-0.3, -0.25) is 0 Å². The van der Waals surface area contributed by atoms with Crippen LogP contribution in [0.15, 0.2) is 54.9 Å². The van der Waals surface area contributed by atoms with Crippen molar-refractivity contribution in [1.29, 1.82) is 0 Å². The van der Waals surface area contributed by atoms with Crippen LogP contribution in [-0.2, 0) is 4.43 Å². The van der Waals surface area contributed by atoms with E-state index < -0.39 is 8.32 Å². The van der Waals surface area contributed by atoms with Gasteiger partial charge in [-0.2, -0.15) is 0 Å². The van der Waals surface area contributed by atoms with Crippen molar-refractivity contribution in [2.24, 2.45) is 0 Å². The maximum Gasteiger partial charge on any atom is 0.225 e. The minimum absolute atomic E-state index is 0.264. The summed E-state index contributed by atoms with van der Waals surface area (Å²) in [5, 5.41) is 0.264. The summed E-state index contributed by atoms with van der Waals surface area (Å²) in [6, 6.07) is 12.6. The van der Waals surface area contributed by atoms with Crippen molar-refractivity contribution in [2.75, 3.05) is 37.7 Å². The van der Waals surface area contributed by atoms with E-state index in [4.69, 9.17) is 4.43 Å². The Morgan fingerprint density at radius 2 is 1.65 bits per heavy atom. The summed E-state index contributed by atoms with van der Waals surface area (Å²) < 4.78 is 6.37. The van der Waals surface area contributed by atoms with E-state index in [1.54, 1.807) is 0 Å². The van der Waals surface area contributed by atoms with Gasteiger partial charge in [0.15, 0.2) is 8.32 Å². The highest BCUT2D eigenvalue weighted by Crippen LogP contribution is 2.36. The zero-order valence-corrected chi connectivity index (χ0v) is 20.8. The Labute approximate surface area is 189 Å². The summed E-state index contributed by atoms with van der Waals surface area (Å²) in [6.07, 6.45) is 8.12. The first-order chi connectivity index (χ1) is 14.8. The van der Waals surface area contributed by atoms with Gasteiger partial charge in [0, 0.05) is 50.9 Å². The minimum atomic E-state index is -1.67. The molecule has 1 aromatic heterocycles. The molecule has 0 radical (unpaired) electrons. The van der Waals surface area contributed by atoms with Gasteiger partial charge in [0.25, 0.3) is 0 Å². The average molecular weight is 439 g/mol. The fourth-order valence-corrected chi connectivity index (χ4v) is 4.59. The van der Waals surface area contributed by atoms with Crippen LogP contribution in [0.25, 0.3) is 5.70 Å². The normalized spacial score (nSPS) is 16.0. The zero-order valence-electron chi connectivity index (χ0n) is 19.8. The van der Waals surface area contributed by atoms with E-state index in [2.05, 4.69) is 90.0 Å². The molecule has 0 N–H and O–H groups in total. The SMILES string of the molecule is CC(C)(C)[Si](C)(C)OCCCC=C(c1ccccc1)N1CCN(c2ncccn2)CC1. The second-order valence-electron chi connectivity index (χ2n) is 9.73. The predicted molar refractivity (Wildman–Crippen MR) is 133 cm³/mol. The monoisotopic (exact) mass is 438 g/mol. The molecule has 3 rings (SSSR count). The predicted octanol–water partition coefficient (Wildman–Crippen LogP) is 5.44. The van der Waals surface area contributed by atoms with Crippen LogP contribution in [0.5, 0.6) is 0 Å². The second kappa shape index (κ2) is 10.4. The molecule has 0 bridgehead atoms. The number of benzene rings is 1. The molecule has 0 saturated carbocycles. The van der Waals surface area contributed by atoms with E-state index in [9.17, 15) is 0 Å². The van der Waals surface area contributed by atoms with E-state index in [1.807, 2.05) is 18.5 Å². The fraction of sp³-hybridized carbons (Fsp3) is 0.520. The number of allylic oxidation sites excluding steroid dienone is 1. The maximum atomic E-state index is 6.37. The molecule has 2 heterocycles. The van der Waals surface area contributed by atoms with E-state index in [-0.39, 0.29) is 5.04 Å². The van der Waals surface area contributed by atoms with Crippen molar-refractivity contribution in [1.82, 2.24) is 14.9 Å². The van der Waals surface area contributed by atoms with Crippen LogP contribution in [0, 0.1) is 0 Å². The van der Waals surface area contributed by atoms with E-state index in [0.29, 0.717) is 0 Å². The third-order valence-corrected chi connectivity index (χ3v) is 11.0. The molecule has 0 aliphatic carbocycles. The van der Waals surface area contributed by atoms with Crippen LogP contribution in [0.3, 0.4) is 0 Å². The van der Waals surface area contributed by atoms with Crippen LogP contribution < -0.4 is 4.90 Å². The van der Waals surface area contributed by atoms with Crippen molar-refractivity contribution >= 4 is 20.0 Å². The van der Waals surface area contributed by atoms with Crippen LogP contribution in [0.1, 0.15) is 39.2 Å². The molecule has 0 amide bonds. The number of aromatic nitrogens is 2. The van der Waals surface area contributed by atoms with Gasteiger partial charge in [-0.25, -0.2) is 9.97 Å². The van der Waals surface area contributed by atoms with Crippen molar-refractivity contribution in [2.45, 2.75) is 51.7 Å². The number of hydrogen-bond donors (Lipinski definition) is 0. The van der Waals surface area contributed by atoms with Crippen molar-refractivity contribution < 1.29 is 4.43 Å². The standard InChI is InChI=1S/C25H38N4OSi/c1-25(2,3)31(4,5)30-21-10-9-14-23(22-12-7-6-8-13-22)28-17-19-29(20-18-28)24-26-15-11-16-27-24/h6-8,11-16H,9-10,17-21H2,1-5H3. The largest absolute Gasteiger partial charge is 0.417 e. The summed E-state index contributed by atoms with van der Waals surface area (Å²) in [5.41, 5.74) is 2.62. The molecule has 1 aliphatic rings. The Morgan fingerprint density at radius 3 is 2.26 bits per heavy atom. The summed E-state index contributed by atoms with van der Waals surface area (Å²) >= 11 is 0. The molecular formula is C25H38N4OSi. The lowest BCUT2D eigenvalue weighted by Crippen LogP contribution is -2.46. The van der Waals surface area contributed by atoms with Gasteiger partial charge in [0.1, 0.15) is 0 Å². The Kier molecular flexibility index (Phi) is 7.89. The van der Waals surface area contributed by atoms with E-state index in [1.165, 1.54) is 11.3 Å². The third-order valence-electron chi connectivity index (χ3n) is 6.48. The minimum Gasteiger partial charge on any atom is -0.417 e. The molecule has 6 heteroatoms. The lowest BCUT2D eigenvalue weighted by molar-refractivity contribution is 0.283. The quantitative estimate of drug-likeness (QED) is 0.405.